The largest absolute Gasteiger partial charge is 0.427 e. The zero-order valence-corrected chi connectivity index (χ0v) is 8.09. The third-order valence-corrected chi connectivity index (χ3v) is 2.13. The maximum atomic E-state index is 13.2. The van der Waals surface area contributed by atoms with Gasteiger partial charge in [0.1, 0.15) is 12.1 Å². The first kappa shape index (κ1) is 9.78. The summed E-state index contributed by atoms with van der Waals surface area (Å²) in [6.07, 6.45) is 1.26. The summed E-state index contributed by atoms with van der Waals surface area (Å²) in [6.45, 7) is 0. The summed E-state index contributed by atoms with van der Waals surface area (Å²) in [5.74, 6) is -1.75. The number of hydrogen-bond donors (Lipinski definition) is 1. The molecule has 1 aromatic carbocycles. The highest BCUT2D eigenvalue weighted by Gasteiger charge is 2.11. The third-order valence-electron chi connectivity index (χ3n) is 1.59. The van der Waals surface area contributed by atoms with Crippen LogP contribution >= 0.6 is 11.5 Å². The summed E-state index contributed by atoms with van der Waals surface area (Å²) in [6, 6.07) is 1.72. The maximum absolute atomic E-state index is 13.2. The summed E-state index contributed by atoms with van der Waals surface area (Å²) in [5.41, 5.74) is 4.90. The van der Waals surface area contributed by atoms with Crippen molar-refractivity contribution in [2.24, 2.45) is 0 Å². The molecule has 78 valence electrons. The molecule has 0 aliphatic heterocycles. The van der Waals surface area contributed by atoms with Gasteiger partial charge in [0.2, 0.25) is 0 Å². The minimum atomic E-state index is -0.746. The average Bonchev–Trinajstić information content (AvgIpc) is 2.67. The molecule has 0 fully saturated rings. The van der Waals surface area contributed by atoms with E-state index in [0.717, 1.165) is 23.7 Å². The lowest BCUT2D eigenvalue weighted by Crippen LogP contribution is -1.95. The van der Waals surface area contributed by atoms with Gasteiger partial charge in [-0.05, 0) is 0 Å². The van der Waals surface area contributed by atoms with Crippen molar-refractivity contribution in [3.05, 3.63) is 30.1 Å². The first-order valence-electron chi connectivity index (χ1n) is 3.86. The van der Waals surface area contributed by atoms with Crippen molar-refractivity contribution >= 4 is 17.2 Å². The predicted molar refractivity (Wildman–Crippen MR) is 50.8 cm³/mol. The molecule has 0 bridgehead atoms. The first-order valence-corrected chi connectivity index (χ1v) is 4.63. The Balaban J connectivity index is 2.33. The number of anilines is 1. The van der Waals surface area contributed by atoms with Gasteiger partial charge in [-0.3, -0.25) is 0 Å². The van der Waals surface area contributed by atoms with Crippen LogP contribution in [0.3, 0.4) is 0 Å². The van der Waals surface area contributed by atoms with Crippen molar-refractivity contribution in [1.29, 1.82) is 0 Å². The van der Waals surface area contributed by atoms with Gasteiger partial charge in [-0.25, -0.2) is 8.78 Å². The SMILES string of the molecule is Nc1cc(F)c(Oc2ncns2)cc1F. The number of rotatable bonds is 2. The van der Waals surface area contributed by atoms with E-state index >= 15 is 0 Å². The number of ether oxygens (including phenoxy) is 1. The van der Waals surface area contributed by atoms with Crippen LogP contribution in [-0.2, 0) is 0 Å². The second-order valence-electron chi connectivity index (χ2n) is 2.61. The molecule has 1 aromatic heterocycles. The van der Waals surface area contributed by atoms with Crippen LogP contribution in [0.1, 0.15) is 0 Å². The fourth-order valence-corrected chi connectivity index (χ4v) is 1.33. The van der Waals surface area contributed by atoms with E-state index in [0.29, 0.717) is 0 Å². The molecular formula is C8H5F2N3OS. The molecule has 0 amide bonds. The van der Waals surface area contributed by atoms with Crippen molar-refractivity contribution < 1.29 is 13.5 Å². The average molecular weight is 229 g/mol. The second-order valence-corrected chi connectivity index (χ2v) is 3.36. The molecule has 2 N–H and O–H groups in total. The van der Waals surface area contributed by atoms with Crippen molar-refractivity contribution in [3.63, 3.8) is 0 Å². The minimum Gasteiger partial charge on any atom is -0.427 e. The Kier molecular flexibility index (Phi) is 2.46. The topological polar surface area (TPSA) is 61.0 Å². The van der Waals surface area contributed by atoms with Gasteiger partial charge in [-0.1, -0.05) is 0 Å². The molecular weight excluding hydrogens is 224 g/mol. The molecule has 0 saturated heterocycles. The Hall–Kier alpha value is -1.76. The minimum absolute atomic E-state index is 0.137. The van der Waals surface area contributed by atoms with Gasteiger partial charge in [-0.2, -0.15) is 9.36 Å². The number of nitrogens with two attached hydrogens (primary N) is 1. The number of aromatic nitrogens is 2. The van der Waals surface area contributed by atoms with Gasteiger partial charge in [0, 0.05) is 23.7 Å². The lowest BCUT2D eigenvalue weighted by atomic mass is 10.3. The first-order chi connectivity index (χ1) is 7.16. The summed E-state index contributed by atoms with van der Waals surface area (Å²) < 4.78 is 34.8. The fourth-order valence-electron chi connectivity index (χ4n) is 0.924. The smallest absolute Gasteiger partial charge is 0.298 e. The van der Waals surface area contributed by atoms with Crippen molar-refractivity contribution in [2.45, 2.75) is 0 Å². The predicted octanol–water partition coefficient (Wildman–Crippen LogP) is 2.19. The van der Waals surface area contributed by atoms with Crippen LogP contribution in [0.15, 0.2) is 18.5 Å². The molecule has 0 aliphatic rings. The summed E-state index contributed by atoms with van der Waals surface area (Å²) in [5, 5.41) is 0.137. The van der Waals surface area contributed by atoms with Crippen LogP contribution in [0.2, 0.25) is 0 Å². The molecule has 2 rings (SSSR count). The van der Waals surface area contributed by atoms with Gasteiger partial charge in [0.25, 0.3) is 5.19 Å². The molecule has 0 aliphatic carbocycles. The molecule has 7 heteroatoms. The molecule has 0 spiro atoms. The number of nitrogens with zero attached hydrogens (tertiary/aromatic N) is 2. The van der Waals surface area contributed by atoms with Gasteiger partial charge < -0.3 is 10.5 Å². The lowest BCUT2D eigenvalue weighted by Gasteiger charge is -2.04. The zero-order chi connectivity index (χ0) is 10.8. The van der Waals surface area contributed by atoms with E-state index in [9.17, 15) is 8.78 Å². The molecule has 15 heavy (non-hydrogen) atoms. The van der Waals surface area contributed by atoms with E-state index in [1.165, 1.54) is 6.33 Å². The number of halogens is 2. The molecule has 1 heterocycles. The molecule has 0 unspecified atom stereocenters. The van der Waals surface area contributed by atoms with Crippen LogP contribution in [0.4, 0.5) is 14.5 Å². The van der Waals surface area contributed by atoms with Crippen LogP contribution in [0, 0.1) is 11.6 Å². The molecule has 0 saturated carbocycles. The Morgan fingerprint density at radius 2 is 2.07 bits per heavy atom. The van der Waals surface area contributed by atoms with Gasteiger partial charge in [-0.15, -0.1) is 0 Å². The van der Waals surface area contributed by atoms with Gasteiger partial charge >= 0.3 is 0 Å². The fraction of sp³-hybridized carbons (Fsp3) is 0. The van der Waals surface area contributed by atoms with Crippen LogP contribution in [0.25, 0.3) is 0 Å². The van der Waals surface area contributed by atoms with E-state index in [1.54, 1.807) is 0 Å². The summed E-state index contributed by atoms with van der Waals surface area (Å²) >= 11 is 0.933. The maximum Gasteiger partial charge on any atom is 0.298 e. The number of nitrogen functional groups attached to an aromatic ring is 1. The number of benzene rings is 1. The highest BCUT2D eigenvalue weighted by Crippen LogP contribution is 2.27. The van der Waals surface area contributed by atoms with E-state index in [1.807, 2.05) is 0 Å². The monoisotopic (exact) mass is 229 g/mol. The normalized spacial score (nSPS) is 10.3. The van der Waals surface area contributed by atoms with Crippen molar-refractivity contribution in [1.82, 2.24) is 9.36 Å². The Morgan fingerprint density at radius 3 is 2.73 bits per heavy atom. The lowest BCUT2D eigenvalue weighted by molar-refractivity contribution is 0.434. The van der Waals surface area contributed by atoms with Crippen LogP contribution in [-0.4, -0.2) is 9.36 Å². The molecule has 0 atom stereocenters. The molecule has 0 radical (unpaired) electrons. The van der Waals surface area contributed by atoms with Crippen LogP contribution in [0.5, 0.6) is 10.9 Å². The summed E-state index contributed by atoms with van der Waals surface area (Å²) in [7, 11) is 0. The van der Waals surface area contributed by atoms with Gasteiger partial charge in [0.05, 0.1) is 5.69 Å². The highest BCUT2D eigenvalue weighted by atomic mass is 32.1. The van der Waals surface area contributed by atoms with E-state index in [2.05, 4.69) is 9.36 Å². The van der Waals surface area contributed by atoms with E-state index < -0.39 is 11.6 Å². The van der Waals surface area contributed by atoms with Crippen molar-refractivity contribution in [3.8, 4) is 10.9 Å². The molecule has 2 aromatic rings. The Labute approximate surface area is 87.5 Å². The Bertz CT molecular complexity index is 475. The Morgan fingerprint density at radius 1 is 1.27 bits per heavy atom. The molecule has 4 nitrogen and oxygen atoms in total. The van der Waals surface area contributed by atoms with E-state index in [4.69, 9.17) is 10.5 Å². The standard InChI is InChI=1S/C8H5F2N3OS/c9-4-2-7(5(10)1-6(4)11)14-8-12-3-13-15-8/h1-3H,11H2. The summed E-state index contributed by atoms with van der Waals surface area (Å²) in [4.78, 5) is 3.67. The number of hydrogen-bond acceptors (Lipinski definition) is 5. The zero-order valence-electron chi connectivity index (χ0n) is 7.28. The van der Waals surface area contributed by atoms with Crippen molar-refractivity contribution in [2.75, 3.05) is 5.73 Å². The highest BCUT2D eigenvalue weighted by molar-refractivity contribution is 7.07. The van der Waals surface area contributed by atoms with Crippen LogP contribution < -0.4 is 10.5 Å². The second kappa shape index (κ2) is 3.77. The third kappa shape index (κ3) is 2.01. The quantitative estimate of drug-likeness (QED) is 0.802. The van der Waals surface area contributed by atoms with E-state index in [-0.39, 0.29) is 16.6 Å². The van der Waals surface area contributed by atoms with Gasteiger partial charge in [0.15, 0.2) is 11.6 Å².